The van der Waals surface area contributed by atoms with Gasteiger partial charge in [0, 0.05) is 5.69 Å². The molecule has 2 N–H and O–H groups in total. The normalized spacial score (nSPS) is 16.7. The van der Waals surface area contributed by atoms with Crippen LogP contribution in [-0.2, 0) is 11.3 Å². The highest BCUT2D eigenvalue weighted by Crippen LogP contribution is 2.44. The lowest BCUT2D eigenvalue weighted by molar-refractivity contribution is -0.212. The van der Waals surface area contributed by atoms with Gasteiger partial charge in [-0.2, -0.15) is 13.9 Å². The number of rotatable bonds is 5. The maximum Gasteiger partial charge on any atom is 0.352 e. The first-order valence-electron chi connectivity index (χ1n) is 7.24. The Bertz CT molecular complexity index is 699. The van der Waals surface area contributed by atoms with Crippen LogP contribution in [0.3, 0.4) is 0 Å². The Hall–Kier alpha value is -2.35. The standard InChI is InChI=1S/C15H16F2N4O2/c16-15(17,14(23)6-3-7-14)13(22)20-12-5-2-1-4-11(12)8-21-10-18-9-19-21/h1-2,4-5,9-10,23H,3,6-8H2,(H,20,22). The number of nitrogens with one attached hydrogen (secondary N) is 1. The minimum absolute atomic E-state index is 0.0754. The summed E-state index contributed by atoms with van der Waals surface area (Å²) in [6.45, 7) is 0.284. The van der Waals surface area contributed by atoms with Crippen LogP contribution in [0.4, 0.5) is 14.5 Å². The molecule has 23 heavy (non-hydrogen) atoms. The molecule has 0 bridgehead atoms. The van der Waals surface area contributed by atoms with E-state index in [0.717, 1.165) is 0 Å². The van der Waals surface area contributed by atoms with Crippen LogP contribution in [0.15, 0.2) is 36.9 Å². The smallest absolute Gasteiger partial charge is 0.352 e. The molecule has 1 fully saturated rings. The number of anilines is 1. The van der Waals surface area contributed by atoms with Gasteiger partial charge in [0.2, 0.25) is 0 Å². The second-order valence-corrected chi connectivity index (χ2v) is 5.66. The van der Waals surface area contributed by atoms with E-state index in [2.05, 4.69) is 15.4 Å². The maximum atomic E-state index is 14.2. The molecule has 1 aromatic carbocycles. The van der Waals surface area contributed by atoms with Crippen molar-refractivity contribution in [1.29, 1.82) is 0 Å². The third-order valence-corrected chi connectivity index (χ3v) is 4.11. The van der Waals surface area contributed by atoms with Gasteiger partial charge in [0.05, 0.1) is 6.54 Å². The number of aromatic nitrogens is 3. The van der Waals surface area contributed by atoms with Crippen molar-refractivity contribution in [3.8, 4) is 0 Å². The molecular weight excluding hydrogens is 306 g/mol. The number of nitrogens with zero attached hydrogens (tertiary/aromatic N) is 3. The van der Waals surface area contributed by atoms with Gasteiger partial charge in [0.15, 0.2) is 0 Å². The SMILES string of the molecule is O=C(Nc1ccccc1Cn1cncn1)C(F)(F)C1(O)CCC1. The zero-order valence-corrected chi connectivity index (χ0v) is 12.2. The lowest BCUT2D eigenvalue weighted by atomic mass is 9.75. The Balaban J connectivity index is 1.78. The minimum Gasteiger partial charge on any atom is -0.383 e. The molecule has 6 nitrogen and oxygen atoms in total. The Labute approximate surface area is 131 Å². The summed E-state index contributed by atoms with van der Waals surface area (Å²) in [5, 5.41) is 16.0. The predicted molar refractivity (Wildman–Crippen MR) is 77.9 cm³/mol. The van der Waals surface area contributed by atoms with Crippen molar-refractivity contribution in [3.05, 3.63) is 42.5 Å². The van der Waals surface area contributed by atoms with Gasteiger partial charge >= 0.3 is 5.92 Å². The number of hydrogen-bond donors (Lipinski definition) is 2. The van der Waals surface area contributed by atoms with Crippen LogP contribution in [0.1, 0.15) is 24.8 Å². The van der Waals surface area contributed by atoms with Crippen LogP contribution in [0.5, 0.6) is 0 Å². The van der Waals surface area contributed by atoms with Gasteiger partial charge in [0.25, 0.3) is 5.91 Å². The first kappa shape index (κ1) is 15.5. The molecule has 0 spiro atoms. The Kier molecular flexibility index (Phi) is 3.85. The molecule has 0 aliphatic heterocycles. The second-order valence-electron chi connectivity index (χ2n) is 5.66. The highest BCUT2D eigenvalue weighted by molar-refractivity contribution is 5.97. The Morgan fingerprint density at radius 2 is 2.13 bits per heavy atom. The van der Waals surface area contributed by atoms with Gasteiger partial charge in [-0.3, -0.25) is 4.79 Å². The van der Waals surface area contributed by atoms with Gasteiger partial charge in [-0.1, -0.05) is 18.2 Å². The number of carbonyl (C=O) groups excluding carboxylic acids is 1. The molecule has 1 saturated carbocycles. The highest BCUT2D eigenvalue weighted by Gasteiger charge is 2.61. The number of alkyl halides is 2. The minimum atomic E-state index is -3.83. The van der Waals surface area contributed by atoms with Crippen LogP contribution in [-0.4, -0.2) is 37.3 Å². The molecule has 1 aromatic heterocycles. The summed E-state index contributed by atoms with van der Waals surface area (Å²) in [5.74, 6) is -5.32. The monoisotopic (exact) mass is 322 g/mol. The molecule has 1 aliphatic rings. The molecule has 0 atom stereocenters. The molecule has 0 saturated heterocycles. The Morgan fingerprint density at radius 1 is 1.39 bits per heavy atom. The average molecular weight is 322 g/mol. The molecule has 122 valence electrons. The number of carbonyl (C=O) groups is 1. The fourth-order valence-corrected chi connectivity index (χ4v) is 2.51. The first-order valence-corrected chi connectivity index (χ1v) is 7.24. The number of aliphatic hydroxyl groups is 1. The number of benzene rings is 1. The van der Waals surface area contributed by atoms with Crippen LogP contribution in [0.2, 0.25) is 0 Å². The van der Waals surface area contributed by atoms with Gasteiger partial charge in [-0.15, -0.1) is 0 Å². The van der Waals surface area contributed by atoms with Crippen LogP contribution in [0.25, 0.3) is 0 Å². The topological polar surface area (TPSA) is 80.0 Å². The van der Waals surface area contributed by atoms with Gasteiger partial charge < -0.3 is 10.4 Å². The molecule has 0 radical (unpaired) electrons. The van der Waals surface area contributed by atoms with E-state index in [-0.39, 0.29) is 25.1 Å². The molecule has 1 amide bonds. The number of hydrogen-bond acceptors (Lipinski definition) is 4. The van der Waals surface area contributed by atoms with Crippen LogP contribution >= 0.6 is 0 Å². The van der Waals surface area contributed by atoms with Crippen LogP contribution < -0.4 is 5.32 Å². The third-order valence-electron chi connectivity index (χ3n) is 4.11. The summed E-state index contributed by atoms with van der Waals surface area (Å²) in [7, 11) is 0. The Morgan fingerprint density at radius 3 is 2.74 bits per heavy atom. The zero-order valence-electron chi connectivity index (χ0n) is 12.2. The summed E-state index contributed by atoms with van der Waals surface area (Å²) in [6, 6.07) is 6.61. The quantitative estimate of drug-likeness (QED) is 0.880. The molecule has 1 aliphatic carbocycles. The second kappa shape index (κ2) is 5.69. The van der Waals surface area contributed by atoms with Gasteiger partial charge in [-0.05, 0) is 30.9 Å². The van der Waals surface area contributed by atoms with Crippen molar-refractivity contribution < 1.29 is 18.7 Å². The number of halogens is 2. The van der Waals surface area contributed by atoms with Crippen molar-refractivity contribution in [3.63, 3.8) is 0 Å². The summed E-state index contributed by atoms with van der Waals surface area (Å²) in [5.41, 5.74) is -1.36. The van der Waals surface area contributed by atoms with Crippen LogP contribution in [0, 0.1) is 0 Å². The van der Waals surface area contributed by atoms with E-state index in [1.54, 1.807) is 18.2 Å². The van der Waals surface area contributed by atoms with Gasteiger partial charge in [-0.25, -0.2) is 9.67 Å². The van der Waals surface area contributed by atoms with E-state index in [1.165, 1.54) is 23.4 Å². The maximum absolute atomic E-state index is 14.2. The van der Waals surface area contributed by atoms with E-state index in [4.69, 9.17) is 0 Å². The van der Waals surface area contributed by atoms with Crippen molar-refractivity contribution in [2.45, 2.75) is 37.3 Å². The summed E-state index contributed by atoms with van der Waals surface area (Å²) in [6.07, 6.45) is 3.19. The summed E-state index contributed by atoms with van der Waals surface area (Å²) < 4.78 is 29.8. The molecular formula is C15H16F2N4O2. The van der Waals surface area contributed by atoms with Crippen molar-refractivity contribution >= 4 is 11.6 Å². The number of amides is 1. The van der Waals surface area contributed by atoms with Crippen molar-refractivity contribution in [1.82, 2.24) is 14.8 Å². The average Bonchev–Trinajstić information content (AvgIpc) is 2.99. The first-order chi connectivity index (χ1) is 10.9. The fraction of sp³-hybridized carbons (Fsp3) is 0.400. The molecule has 2 aromatic rings. The molecule has 1 heterocycles. The molecule has 0 unspecified atom stereocenters. The fourth-order valence-electron chi connectivity index (χ4n) is 2.51. The molecule has 3 rings (SSSR count). The van der Waals surface area contributed by atoms with Gasteiger partial charge in [0.1, 0.15) is 18.3 Å². The van der Waals surface area contributed by atoms with E-state index in [1.807, 2.05) is 0 Å². The largest absolute Gasteiger partial charge is 0.383 e. The third kappa shape index (κ3) is 2.81. The number of para-hydroxylation sites is 1. The van der Waals surface area contributed by atoms with Crippen molar-refractivity contribution in [2.24, 2.45) is 0 Å². The highest BCUT2D eigenvalue weighted by atomic mass is 19.3. The predicted octanol–water partition coefficient (Wildman–Crippen LogP) is 1.82. The van der Waals surface area contributed by atoms with E-state index < -0.39 is 17.4 Å². The lowest BCUT2D eigenvalue weighted by Crippen LogP contribution is -2.59. The summed E-state index contributed by atoms with van der Waals surface area (Å²) >= 11 is 0. The van der Waals surface area contributed by atoms with Crippen molar-refractivity contribution in [2.75, 3.05) is 5.32 Å². The zero-order chi connectivity index (χ0) is 16.5. The van der Waals surface area contributed by atoms with E-state index in [0.29, 0.717) is 12.0 Å². The lowest BCUT2D eigenvalue weighted by Gasteiger charge is -2.41. The van der Waals surface area contributed by atoms with E-state index >= 15 is 0 Å². The molecule has 8 heteroatoms. The van der Waals surface area contributed by atoms with E-state index in [9.17, 15) is 18.7 Å². The summed E-state index contributed by atoms with van der Waals surface area (Å²) in [4.78, 5) is 15.8.